The molecule has 0 aliphatic rings. The van der Waals surface area contributed by atoms with E-state index in [0.717, 1.165) is 6.07 Å². The second kappa shape index (κ2) is 3.17. The molecule has 0 aromatic carbocycles. The van der Waals surface area contributed by atoms with Gasteiger partial charge in [-0.05, 0) is 6.42 Å². The summed E-state index contributed by atoms with van der Waals surface area (Å²) in [7, 11) is 0. The van der Waals surface area contributed by atoms with Gasteiger partial charge in [0, 0.05) is 6.07 Å². The molecule has 1 aromatic rings. The van der Waals surface area contributed by atoms with Crippen LogP contribution in [0.3, 0.4) is 0 Å². The summed E-state index contributed by atoms with van der Waals surface area (Å²) in [6, 6.07) is 1.04. The van der Waals surface area contributed by atoms with Gasteiger partial charge in [0.05, 0.1) is 11.3 Å². The lowest BCUT2D eigenvalue weighted by molar-refractivity contribution is 0.0694. The summed E-state index contributed by atoms with van der Waals surface area (Å²) in [6.07, 6.45) is 0.485. The summed E-state index contributed by atoms with van der Waals surface area (Å²) in [6.45, 7) is 1.77. The molecule has 0 saturated carbocycles. The number of hydrogen-bond donors (Lipinski definition) is 2. The van der Waals surface area contributed by atoms with Crippen molar-refractivity contribution in [2.45, 2.75) is 13.3 Å². The molecule has 5 nitrogen and oxygen atoms in total. The number of aromatic nitrogens is 2. The van der Waals surface area contributed by atoms with Gasteiger partial charge in [-0.25, -0.2) is 9.89 Å². The maximum Gasteiger partial charge on any atom is 0.337 e. The number of aromatic carboxylic acids is 1. The molecule has 0 saturated heterocycles. The van der Waals surface area contributed by atoms with Gasteiger partial charge in [-0.3, -0.25) is 4.79 Å². The highest BCUT2D eigenvalue weighted by atomic mass is 16.4. The number of nitrogens with zero attached hydrogens (tertiary/aromatic N) is 1. The van der Waals surface area contributed by atoms with Crippen LogP contribution < -0.4 is 5.56 Å². The van der Waals surface area contributed by atoms with E-state index in [-0.39, 0.29) is 5.56 Å². The highest BCUT2D eigenvalue weighted by Gasteiger charge is 2.09. The number of carboxylic acids is 1. The number of aromatic amines is 1. The van der Waals surface area contributed by atoms with Crippen LogP contribution in [0.1, 0.15) is 23.0 Å². The van der Waals surface area contributed by atoms with E-state index in [1.807, 2.05) is 0 Å². The minimum atomic E-state index is -1.12. The summed E-state index contributed by atoms with van der Waals surface area (Å²) < 4.78 is 0. The second-order valence-corrected chi connectivity index (χ2v) is 2.25. The second-order valence-electron chi connectivity index (χ2n) is 2.25. The molecule has 0 fully saturated rings. The van der Waals surface area contributed by atoms with E-state index in [9.17, 15) is 9.59 Å². The van der Waals surface area contributed by atoms with E-state index in [4.69, 9.17) is 5.11 Å². The molecule has 0 bridgehead atoms. The van der Waals surface area contributed by atoms with Crippen molar-refractivity contribution < 1.29 is 9.90 Å². The van der Waals surface area contributed by atoms with Crippen LogP contribution in [-0.4, -0.2) is 21.3 Å². The zero-order chi connectivity index (χ0) is 9.14. The van der Waals surface area contributed by atoms with Gasteiger partial charge in [0.2, 0.25) is 0 Å². The van der Waals surface area contributed by atoms with Gasteiger partial charge >= 0.3 is 5.97 Å². The zero-order valence-electron chi connectivity index (χ0n) is 6.50. The van der Waals surface area contributed by atoms with Crippen LogP contribution in [0.4, 0.5) is 0 Å². The van der Waals surface area contributed by atoms with Crippen LogP contribution >= 0.6 is 0 Å². The Morgan fingerprint density at radius 3 is 2.92 bits per heavy atom. The average Bonchev–Trinajstić information content (AvgIpc) is 2.04. The molecule has 2 N–H and O–H groups in total. The quantitative estimate of drug-likeness (QED) is 0.652. The zero-order valence-corrected chi connectivity index (χ0v) is 6.50. The molecule has 0 spiro atoms. The summed E-state index contributed by atoms with van der Waals surface area (Å²) in [4.78, 5) is 21.2. The lowest BCUT2D eigenvalue weighted by atomic mass is 10.2. The smallest absolute Gasteiger partial charge is 0.337 e. The van der Waals surface area contributed by atoms with Crippen LogP contribution in [-0.2, 0) is 6.42 Å². The Morgan fingerprint density at radius 2 is 2.42 bits per heavy atom. The standard InChI is InChI=1S/C7H8N2O3/c1-2-5-4(7(11)12)3-6(10)9-8-5/h3H,2H2,1H3,(H,9,10)(H,11,12). The number of nitrogens with one attached hydrogen (secondary N) is 1. The fourth-order valence-corrected chi connectivity index (χ4v) is 0.884. The van der Waals surface area contributed by atoms with Crippen LogP contribution in [0.5, 0.6) is 0 Å². The minimum Gasteiger partial charge on any atom is -0.478 e. The molecule has 0 aliphatic carbocycles. The van der Waals surface area contributed by atoms with Crippen LogP contribution in [0.25, 0.3) is 0 Å². The normalized spacial score (nSPS) is 9.75. The summed E-state index contributed by atoms with van der Waals surface area (Å²) in [5, 5.41) is 14.4. The van der Waals surface area contributed by atoms with Crippen molar-refractivity contribution in [2.75, 3.05) is 0 Å². The molecule has 1 rings (SSSR count). The predicted molar refractivity (Wildman–Crippen MR) is 41.2 cm³/mol. The van der Waals surface area contributed by atoms with E-state index in [1.54, 1.807) is 6.92 Å². The first kappa shape index (κ1) is 8.45. The highest BCUT2D eigenvalue weighted by molar-refractivity contribution is 5.88. The summed E-state index contributed by atoms with van der Waals surface area (Å²) >= 11 is 0. The number of rotatable bonds is 2. The maximum absolute atomic E-state index is 10.7. The Balaban J connectivity index is 3.31. The first-order chi connectivity index (χ1) is 5.65. The fourth-order valence-electron chi connectivity index (χ4n) is 0.884. The van der Waals surface area contributed by atoms with Gasteiger partial charge in [0.15, 0.2) is 0 Å². The van der Waals surface area contributed by atoms with Crippen molar-refractivity contribution >= 4 is 5.97 Å². The number of carboxylic acid groups (broad SMARTS) is 1. The van der Waals surface area contributed by atoms with E-state index in [1.165, 1.54) is 0 Å². The first-order valence-electron chi connectivity index (χ1n) is 3.47. The Morgan fingerprint density at radius 1 is 1.75 bits per heavy atom. The largest absolute Gasteiger partial charge is 0.478 e. The number of hydrogen-bond acceptors (Lipinski definition) is 3. The lowest BCUT2D eigenvalue weighted by Crippen LogP contribution is -2.15. The van der Waals surface area contributed by atoms with Crippen molar-refractivity contribution in [1.29, 1.82) is 0 Å². The third kappa shape index (κ3) is 1.50. The average molecular weight is 168 g/mol. The van der Waals surface area contributed by atoms with Crippen molar-refractivity contribution in [3.63, 3.8) is 0 Å². The highest BCUT2D eigenvalue weighted by Crippen LogP contribution is 2.01. The minimum absolute atomic E-state index is 0.0266. The summed E-state index contributed by atoms with van der Waals surface area (Å²) in [5.74, 6) is -1.12. The molecule has 0 amide bonds. The van der Waals surface area contributed by atoms with Gasteiger partial charge in [-0.15, -0.1) is 0 Å². The monoisotopic (exact) mass is 168 g/mol. The third-order valence-electron chi connectivity index (χ3n) is 1.45. The molecular weight excluding hydrogens is 160 g/mol. The van der Waals surface area contributed by atoms with Crippen molar-refractivity contribution in [1.82, 2.24) is 10.2 Å². The molecule has 0 unspecified atom stereocenters. The molecule has 1 heterocycles. The fraction of sp³-hybridized carbons (Fsp3) is 0.286. The van der Waals surface area contributed by atoms with Gasteiger partial charge in [-0.1, -0.05) is 6.92 Å². The molecule has 64 valence electrons. The first-order valence-corrected chi connectivity index (χ1v) is 3.47. The molecule has 5 heteroatoms. The Kier molecular flexibility index (Phi) is 2.23. The van der Waals surface area contributed by atoms with Crippen molar-refractivity contribution in [3.8, 4) is 0 Å². The number of H-pyrrole nitrogens is 1. The summed E-state index contributed by atoms with van der Waals surface area (Å²) in [5.41, 5.74) is -0.132. The van der Waals surface area contributed by atoms with Crippen LogP contribution in [0.15, 0.2) is 10.9 Å². The SMILES string of the molecule is CCc1n[nH]c(=O)cc1C(=O)O. The third-order valence-corrected chi connectivity index (χ3v) is 1.45. The Labute approximate surface area is 68.1 Å². The van der Waals surface area contributed by atoms with Gasteiger partial charge < -0.3 is 5.11 Å². The van der Waals surface area contributed by atoms with Crippen LogP contribution in [0.2, 0.25) is 0 Å². The molecule has 1 aromatic heterocycles. The van der Waals surface area contributed by atoms with Gasteiger partial charge in [0.25, 0.3) is 5.56 Å². The van der Waals surface area contributed by atoms with Crippen molar-refractivity contribution in [2.24, 2.45) is 0 Å². The Hall–Kier alpha value is -1.65. The maximum atomic E-state index is 10.7. The van der Waals surface area contributed by atoms with Gasteiger partial charge in [0.1, 0.15) is 0 Å². The van der Waals surface area contributed by atoms with E-state index in [0.29, 0.717) is 12.1 Å². The predicted octanol–water partition coefficient (Wildman–Crippen LogP) is 0.0305. The van der Waals surface area contributed by atoms with Crippen LogP contribution in [0, 0.1) is 0 Å². The van der Waals surface area contributed by atoms with Gasteiger partial charge in [-0.2, -0.15) is 5.10 Å². The topological polar surface area (TPSA) is 83.0 Å². The lowest BCUT2D eigenvalue weighted by Gasteiger charge is -1.98. The van der Waals surface area contributed by atoms with Crippen molar-refractivity contribution in [3.05, 3.63) is 27.7 Å². The molecule has 0 atom stereocenters. The number of carbonyl (C=O) groups is 1. The Bertz CT molecular complexity index is 356. The molecule has 12 heavy (non-hydrogen) atoms. The van der Waals surface area contributed by atoms with E-state index in [2.05, 4.69) is 10.2 Å². The number of aryl methyl sites for hydroxylation is 1. The van der Waals surface area contributed by atoms with E-state index < -0.39 is 11.5 Å². The molecular formula is C7H8N2O3. The molecule has 0 radical (unpaired) electrons. The van der Waals surface area contributed by atoms with E-state index >= 15 is 0 Å². The molecule has 0 aliphatic heterocycles.